The van der Waals surface area contributed by atoms with Gasteiger partial charge in [0.05, 0.1) is 0 Å². The second-order valence-electron chi connectivity index (χ2n) is 3.88. The minimum absolute atomic E-state index is 0.215. The van der Waals surface area contributed by atoms with Crippen molar-refractivity contribution < 1.29 is 17.9 Å². The van der Waals surface area contributed by atoms with Crippen molar-refractivity contribution in [3.05, 3.63) is 53.0 Å². The summed E-state index contributed by atoms with van der Waals surface area (Å²) in [5.41, 5.74) is 1.42. The van der Waals surface area contributed by atoms with Crippen molar-refractivity contribution in [3.8, 4) is 16.9 Å². The van der Waals surface area contributed by atoms with E-state index in [-0.39, 0.29) is 5.75 Å². The highest BCUT2D eigenvalue weighted by Crippen LogP contribution is 2.35. The summed E-state index contributed by atoms with van der Waals surface area (Å²) in [6, 6.07) is 14.0. The Kier molecular flexibility index (Phi) is 4.14. The molecular weight excluding hydrogens is 321 g/mol. The van der Waals surface area contributed by atoms with Crippen LogP contribution in [-0.4, -0.2) is 12.8 Å². The van der Waals surface area contributed by atoms with Crippen LogP contribution in [0.25, 0.3) is 11.1 Å². The molecule has 0 saturated carbocycles. The van der Waals surface area contributed by atoms with Crippen LogP contribution in [0.5, 0.6) is 5.75 Å². The second kappa shape index (κ2) is 5.65. The van der Waals surface area contributed by atoms with Crippen LogP contribution >= 0.6 is 15.9 Å². The first-order valence-corrected chi connectivity index (χ1v) is 6.30. The summed E-state index contributed by atoms with van der Waals surface area (Å²) < 4.78 is 42.3. The molecule has 2 aromatic carbocycles. The number of hydrogen-bond acceptors (Lipinski definition) is 1. The van der Waals surface area contributed by atoms with E-state index >= 15 is 0 Å². The summed E-state index contributed by atoms with van der Waals surface area (Å²) in [7, 11) is 0. The van der Waals surface area contributed by atoms with E-state index in [2.05, 4.69) is 15.9 Å². The molecule has 0 N–H and O–H groups in total. The van der Waals surface area contributed by atoms with E-state index in [1.165, 1.54) is 6.07 Å². The van der Waals surface area contributed by atoms with Crippen molar-refractivity contribution >= 4 is 15.9 Å². The summed E-state index contributed by atoms with van der Waals surface area (Å²) in [4.78, 5) is 0. The van der Waals surface area contributed by atoms with Crippen LogP contribution in [0.2, 0.25) is 0 Å². The number of rotatable bonds is 3. The Morgan fingerprint density at radius 2 is 1.47 bits per heavy atom. The predicted octanol–water partition coefficient (Wildman–Crippen LogP) is 5.06. The highest BCUT2D eigenvalue weighted by Gasteiger charge is 2.28. The first-order valence-electron chi connectivity index (χ1n) is 5.51. The highest BCUT2D eigenvalue weighted by molar-refractivity contribution is 9.10. The van der Waals surface area contributed by atoms with Gasteiger partial charge in [-0.15, -0.1) is 0 Å². The molecule has 1 nitrogen and oxygen atoms in total. The fourth-order valence-corrected chi connectivity index (χ4v) is 2.15. The molecule has 0 fully saturated rings. The van der Waals surface area contributed by atoms with Crippen molar-refractivity contribution in [1.29, 1.82) is 0 Å². The summed E-state index contributed by atoms with van der Waals surface area (Å²) in [5, 5.41) is 0. The van der Waals surface area contributed by atoms with Gasteiger partial charge in [-0.3, -0.25) is 0 Å². The molecule has 0 amide bonds. The topological polar surface area (TPSA) is 9.23 Å². The van der Waals surface area contributed by atoms with Gasteiger partial charge in [0.2, 0.25) is 0 Å². The van der Waals surface area contributed by atoms with Gasteiger partial charge < -0.3 is 4.74 Å². The van der Waals surface area contributed by atoms with Crippen LogP contribution in [0, 0.1) is 0 Å². The van der Waals surface area contributed by atoms with Gasteiger partial charge in [0.25, 0.3) is 0 Å². The largest absolute Gasteiger partial charge is 0.483 e. The van der Waals surface area contributed by atoms with Crippen LogP contribution in [0.15, 0.2) is 53.0 Å². The van der Waals surface area contributed by atoms with Crippen molar-refractivity contribution in [1.82, 2.24) is 0 Å². The SMILES string of the molecule is FC(F)(F)COc1ccccc1-c1ccccc1Br. The van der Waals surface area contributed by atoms with Gasteiger partial charge in [0.15, 0.2) is 6.61 Å². The molecule has 0 aromatic heterocycles. The Hall–Kier alpha value is -1.49. The molecule has 5 heteroatoms. The standard InChI is InChI=1S/C14H10BrF3O/c15-12-7-3-1-5-10(12)11-6-2-4-8-13(11)19-9-14(16,17)18/h1-8H,9H2. The molecule has 0 unspecified atom stereocenters. The Morgan fingerprint density at radius 1 is 0.895 bits per heavy atom. The third-order valence-electron chi connectivity index (χ3n) is 2.44. The molecule has 2 rings (SSSR count). The zero-order chi connectivity index (χ0) is 13.9. The number of hydrogen-bond donors (Lipinski definition) is 0. The predicted molar refractivity (Wildman–Crippen MR) is 71.1 cm³/mol. The molecule has 0 spiro atoms. The molecule has 100 valence electrons. The van der Waals surface area contributed by atoms with Crippen molar-refractivity contribution in [2.45, 2.75) is 6.18 Å². The summed E-state index contributed by atoms with van der Waals surface area (Å²) in [6.45, 7) is -1.30. The summed E-state index contributed by atoms with van der Waals surface area (Å²) >= 11 is 3.38. The minimum atomic E-state index is -4.35. The molecule has 0 radical (unpaired) electrons. The van der Waals surface area contributed by atoms with Gasteiger partial charge in [-0.25, -0.2) is 0 Å². The maximum Gasteiger partial charge on any atom is 0.422 e. The molecule has 0 aliphatic carbocycles. The lowest BCUT2D eigenvalue weighted by Crippen LogP contribution is -2.19. The van der Waals surface area contributed by atoms with Crippen molar-refractivity contribution in [3.63, 3.8) is 0 Å². The van der Waals surface area contributed by atoms with E-state index in [9.17, 15) is 13.2 Å². The second-order valence-corrected chi connectivity index (χ2v) is 4.73. The van der Waals surface area contributed by atoms with Gasteiger partial charge in [-0.1, -0.05) is 52.3 Å². The first kappa shape index (κ1) is 13.9. The van der Waals surface area contributed by atoms with Gasteiger partial charge in [0, 0.05) is 10.0 Å². The van der Waals surface area contributed by atoms with Crippen LogP contribution in [-0.2, 0) is 0 Å². The molecule has 0 bridgehead atoms. The summed E-state index contributed by atoms with van der Waals surface area (Å²) in [6.07, 6.45) is -4.35. The fraction of sp³-hybridized carbons (Fsp3) is 0.143. The number of halogens is 4. The van der Waals surface area contributed by atoms with E-state index < -0.39 is 12.8 Å². The van der Waals surface area contributed by atoms with Crippen molar-refractivity contribution in [2.24, 2.45) is 0 Å². The molecule has 0 atom stereocenters. The maximum atomic E-state index is 12.2. The lowest BCUT2D eigenvalue weighted by molar-refractivity contribution is -0.153. The van der Waals surface area contributed by atoms with E-state index in [1.807, 2.05) is 24.3 Å². The van der Waals surface area contributed by atoms with Crippen LogP contribution in [0.1, 0.15) is 0 Å². The zero-order valence-corrected chi connectivity index (χ0v) is 11.3. The van der Waals surface area contributed by atoms with E-state index in [0.29, 0.717) is 5.56 Å². The Labute approximate surface area is 117 Å². The molecule has 19 heavy (non-hydrogen) atoms. The number of alkyl halides is 3. The maximum absolute atomic E-state index is 12.2. The van der Waals surface area contributed by atoms with Crippen LogP contribution in [0.4, 0.5) is 13.2 Å². The molecule has 0 saturated heterocycles. The zero-order valence-electron chi connectivity index (χ0n) is 9.75. The Morgan fingerprint density at radius 3 is 2.11 bits per heavy atom. The normalized spacial score (nSPS) is 11.4. The minimum Gasteiger partial charge on any atom is -0.483 e. The van der Waals surface area contributed by atoms with Crippen LogP contribution in [0.3, 0.4) is 0 Å². The monoisotopic (exact) mass is 330 g/mol. The molecule has 0 aliphatic heterocycles. The van der Waals surface area contributed by atoms with Crippen molar-refractivity contribution in [2.75, 3.05) is 6.61 Å². The highest BCUT2D eigenvalue weighted by atomic mass is 79.9. The number of benzene rings is 2. The lowest BCUT2D eigenvalue weighted by atomic mass is 10.1. The molecular formula is C14H10BrF3O. The fourth-order valence-electron chi connectivity index (χ4n) is 1.65. The number of para-hydroxylation sites is 1. The smallest absolute Gasteiger partial charge is 0.422 e. The summed E-state index contributed by atoms with van der Waals surface area (Å²) in [5.74, 6) is 0.215. The van der Waals surface area contributed by atoms with Gasteiger partial charge in [-0.05, 0) is 17.7 Å². The Balaban J connectivity index is 2.34. The van der Waals surface area contributed by atoms with Gasteiger partial charge >= 0.3 is 6.18 Å². The van der Waals surface area contributed by atoms with Gasteiger partial charge in [-0.2, -0.15) is 13.2 Å². The van der Waals surface area contributed by atoms with Gasteiger partial charge in [0.1, 0.15) is 5.75 Å². The third-order valence-corrected chi connectivity index (χ3v) is 3.13. The third kappa shape index (κ3) is 3.73. The van der Waals surface area contributed by atoms with Crippen LogP contribution < -0.4 is 4.74 Å². The van der Waals surface area contributed by atoms with E-state index in [1.54, 1.807) is 18.2 Å². The number of ether oxygens (including phenoxy) is 1. The average molecular weight is 331 g/mol. The molecule has 2 aromatic rings. The molecule has 0 aliphatic rings. The first-order chi connectivity index (χ1) is 8.97. The lowest BCUT2D eigenvalue weighted by Gasteiger charge is -2.14. The quantitative estimate of drug-likeness (QED) is 0.764. The Bertz CT molecular complexity index is 567. The van der Waals surface area contributed by atoms with E-state index in [4.69, 9.17) is 4.74 Å². The average Bonchev–Trinajstić information content (AvgIpc) is 2.37. The molecule has 0 heterocycles. The van der Waals surface area contributed by atoms with E-state index in [0.717, 1.165) is 10.0 Å².